The number of hydrogen-bond donors (Lipinski definition) is 3. The molecule has 1 aliphatic heterocycles. The van der Waals surface area contributed by atoms with Gasteiger partial charge in [-0.3, -0.25) is 9.78 Å². The monoisotopic (exact) mass is 477 g/mol. The minimum atomic E-state index is -0.261. The molecule has 35 heavy (non-hydrogen) atoms. The number of nitrogens with one attached hydrogen (secondary N) is 2. The molecule has 4 rings (SSSR count). The summed E-state index contributed by atoms with van der Waals surface area (Å²) in [6, 6.07) is 14.0. The second-order valence-electron chi connectivity index (χ2n) is 8.86. The Morgan fingerprint density at radius 2 is 1.94 bits per heavy atom. The summed E-state index contributed by atoms with van der Waals surface area (Å²) in [6.07, 6.45) is 6.88. The van der Waals surface area contributed by atoms with E-state index in [9.17, 15) is 14.3 Å². The van der Waals surface area contributed by atoms with Crippen LogP contribution < -0.4 is 15.5 Å². The fraction of sp³-hybridized carbons (Fsp3) is 0.370. The molecule has 0 radical (unpaired) electrons. The molecule has 1 saturated heterocycles. The summed E-state index contributed by atoms with van der Waals surface area (Å²) >= 11 is 0. The number of hydrogen-bond acceptors (Lipinski definition) is 6. The average Bonchev–Trinajstić information content (AvgIpc) is 2.88. The van der Waals surface area contributed by atoms with E-state index < -0.39 is 0 Å². The van der Waals surface area contributed by atoms with Gasteiger partial charge in [-0.2, -0.15) is 0 Å². The van der Waals surface area contributed by atoms with Crippen LogP contribution >= 0.6 is 0 Å². The van der Waals surface area contributed by atoms with Gasteiger partial charge in [0.2, 0.25) is 0 Å². The number of halogens is 1. The third-order valence-corrected chi connectivity index (χ3v) is 6.37. The number of piperidine rings is 1. The van der Waals surface area contributed by atoms with E-state index in [4.69, 9.17) is 4.98 Å². The summed E-state index contributed by atoms with van der Waals surface area (Å²) in [6.45, 7) is 2.85. The summed E-state index contributed by atoms with van der Waals surface area (Å²) in [5.74, 6) is 1.40. The Balaban J connectivity index is 1.47. The lowest BCUT2D eigenvalue weighted by Gasteiger charge is -2.33. The fourth-order valence-electron chi connectivity index (χ4n) is 4.37. The normalized spacial score (nSPS) is 14.1. The minimum Gasteiger partial charge on any atom is -0.396 e. The first-order valence-electron chi connectivity index (χ1n) is 12.1. The first kappa shape index (κ1) is 24.6. The van der Waals surface area contributed by atoms with E-state index >= 15 is 0 Å². The number of amides is 1. The maximum Gasteiger partial charge on any atom is 0.255 e. The molecule has 0 unspecified atom stereocenters. The Labute approximate surface area is 205 Å². The van der Waals surface area contributed by atoms with E-state index in [1.165, 1.54) is 12.1 Å². The third-order valence-electron chi connectivity index (χ3n) is 6.37. The highest BCUT2D eigenvalue weighted by molar-refractivity contribution is 5.99. The van der Waals surface area contributed by atoms with Gasteiger partial charge in [-0.1, -0.05) is 18.2 Å². The van der Waals surface area contributed by atoms with Gasteiger partial charge < -0.3 is 20.6 Å². The highest BCUT2D eigenvalue weighted by atomic mass is 19.1. The lowest BCUT2D eigenvalue weighted by Crippen LogP contribution is -2.35. The zero-order chi connectivity index (χ0) is 24.5. The van der Waals surface area contributed by atoms with Crippen LogP contribution in [-0.4, -0.2) is 47.2 Å². The van der Waals surface area contributed by atoms with Crippen LogP contribution in [0.5, 0.6) is 0 Å². The molecule has 0 bridgehead atoms. The molecule has 7 nitrogen and oxygen atoms in total. The van der Waals surface area contributed by atoms with Gasteiger partial charge in [0.05, 0.1) is 5.56 Å². The highest BCUT2D eigenvalue weighted by Gasteiger charge is 2.21. The molecule has 0 aliphatic carbocycles. The maximum absolute atomic E-state index is 13.5. The Bertz CT molecular complexity index is 1100. The number of nitrogens with zero attached hydrogens (tertiary/aromatic N) is 3. The molecule has 3 aromatic rings. The molecule has 3 heterocycles. The van der Waals surface area contributed by atoms with Crippen molar-refractivity contribution in [2.24, 2.45) is 5.92 Å². The third kappa shape index (κ3) is 6.99. The highest BCUT2D eigenvalue weighted by Crippen LogP contribution is 2.26. The van der Waals surface area contributed by atoms with Crippen LogP contribution in [0.4, 0.5) is 16.0 Å². The zero-order valence-corrected chi connectivity index (χ0v) is 19.8. The number of rotatable bonds is 10. The molecule has 1 amide bonds. The van der Waals surface area contributed by atoms with E-state index in [1.807, 2.05) is 30.3 Å². The van der Waals surface area contributed by atoms with E-state index in [0.29, 0.717) is 36.8 Å². The van der Waals surface area contributed by atoms with Crippen LogP contribution in [0, 0.1) is 11.7 Å². The number of anilines is 2. The van der Waals surface area contributed by atoms with Crippen molar-refractivity contribution in [3.8, 4) is 0 Å². The number of benzene rings is 1. The van der Waals surface area contributed by atoms with E-state index in [1.54, 1.807) is 18.5 Å². The molecule has 3 N–H and O–H groups in total. The topological polar surface area (TPSA) is 90.4 Å². The molecule has 1 fully saturated rings. The predicted molar refractivity (Wildman–Crippen MR) is 135 cm³/mol. The number of aromatic nitrogens is 2. The van der Waals surface area contributed by atoms with Crippen molar-refractivity contribution in [1.82, 2.24) is 15.3 Å². The van der Waals surface area contributed by atoms with Crippen molar-refractivity contribution in [2.75, 3.05) is 36.5 Å². The summed E-state index contributed by atoms with van der Waals surface area (Å²) in [5.41, 5.74) is 2.26. The lowest BCUT2D eigenvalue weighted by atomic mass is 9.94. The Morgan fingerprint density at radius 3 is 2.69 bits per heavy atom. The SMILES string of the molecule is O=C(NCc1cccnc1)c1ccc(N2CCC(CCO)CC2)nc1NCCc1cccc(F)c1. The van der Waals surface area contributed by atoms with Crippen molar-refractivity contribution < 1.29 is 14.3 Å². The molecule has 8 heteroatoms. The van der Waals surface area contributed by atoms with Crippen LogP contribution in [0.3, 0.4) is 0 Å². The summed E-state index contributed by atoms with van der Waals surface area (Å²) in [5, 5.41) is 15.5. The standard InChI is InChI=1S/C27H32FN5O2/c28-23-5-1-3-21(17-23)8-13-30-26-24(27(35)31-19-22-4-2-12-29-18-22)6-7-25(32-26)33-14-9-20(10-15-33)11-16-34/h1-7,12,17-18,20,34H,8-11,13-16,19H2,(H,30,32)(H,31,35). The van der Waals surface area contributed by atoms with Gasteiger partial charge in [0.25, 0.3) is 5.91 Å². The minimum absolute atomic E-state index is 0.220. The van der Waals surface area contributed by atoms with Crippen molar-refractivity contribution in [3.05, 3.63) is 83.4 Å². The van der Waals surface area contributed by atoms with E-state index in [0.717, 1.165) is 49.3 Å². The van der Waals surface area contributed by atoms with Crippen molar-refractivity contribution in [2.45, 2.75) is 32.2 Å². The van der Waals surface area contributed by atoms with Gasteiger partial charge in [-0.25, -0.2) is 9.37 Å². The van der Waals surface area contributed by atoms with Crippen molar-refractivity contribution >= 4 is 17.5 Å². The molecular formula is C27H32FN5O2. The average molecular weight is 478 g/mol. The van der Waals surface area contributed by atoms with Crippen LogP contribution in [0.2, 0.25) is 0 Å². The number of aliphatic hydroxyl groups is 1. The van der Waals surface area contributed by atoms with Crippen molar-refractivity contribution in [3.63, 3.8) is 0 Å². The smallest absolute Gasteiger partial charge is 0.255 e. The molecule has 0 saturated carbocycles. The largest absolute Gasteiger partial charge is 0.396 e. The molecule has 2 aromatic heterocycles. The van der Waals surface area contributed by atoms with Gasteiger partial charge in [-0.15, -0.1) is 0 Å². The first-order chi connectivity index (χ1) is 17.1. The first-order valence-corrected chi connectivity index (χ1v) is 12.1. The molecule has 184 valence electrons. The van der Waals surface area contributed by atoms with Gasteiger partial charge in [-0.05, 0) is 73.1 Å². The maximum atomic E-state index is 13.5. The second-order valence-corrected chi connectivity index (χ2v) is 8.86. The molecule has 0 spiro atoms. The van der Waals surface area contributed by atoms with Crippen LogP contribution in [0.15, 0.2) is 60.9 Å². The van der Waals surface area contributed by atoms with E-state index in [-0.39, 0.29) is 18.3 Å². The number of carbonyl (C=O) groups is 1. The molecule has 1 aromatic carbocycles. The van der Waals surface area contributed by atoms with Crippen LogP contribution in [0.25, 0.3) is 0 Å². The Morgan fingerprint density at radius 1 is 1.11 bits per heavy atom. The second kappa shape index (κ2) is 12.3. The van der Waals surface area contributed by atoms with Crippen molar-refractivity contribution in [1.29, 1.82) is 0 Å². The van der Waals surface area contributed by atoms with Gasteiger partial charge in [0.1, 0.15) is 17.5 Å². The van der Waals surface area contributed by atoms with Gasteiger partial charge >= 0.3 is 0 Å². The fourth-order valence-corrected chi connectivity index (χ4v) is 4.37. The zero-order valence-electron chi connectivity index (χ0n) is 19.8. The van der Waals surface area contributed by atoms with E-state index in [2.05, 4.69) is 20.5 Å². The molecule has 0 atom stereocenters. The molecule has 1 aliphatic rings. The predicted octanol–water partition coefficient (Wildman–Crippen LogP) is 3.80. The van der Waals surface area contributed by atoms with Crippen LogP contribution in [0.1, 0.15) is 40.7 Å². The summed E-state index contributed by atoms with van der Waals surface area (Å²) in [7, 11) is 0. The quantitative estimate of drug-likeness (QED) is 0.412. The number of carbonyl (C=O) groups excluding carboxylic acids is 1. The van der Waals surface area contributed by atoms with Gasteiger partial charge in [0, 0.05) is 45.2 Å². The number of pyridine rings is 2. The summed E-state index contributed by atoms with van der Waals surface area (Å²) in [4.78, 5) is 24.1. The summed E-state index contributed by atoms with van der Waals surface area (Å²) < 4.78 is 13.5. The number of aliphatic hydroxyl groups excluding tert-OH is 1. The molecular weight excluding hydrogens is 445 g/mol. The van der Waals surface area contributed by atoms with Gasteiger partial charge in [0.15, 0.2) is 0 Å². The lowest BCUT2D eigenvalue weighted by molar-refractivity contribution is 0.0951. The Hall–Kier alpha value is -3.52. The van der Waals surface area contributed by atoms with Crippen LogP contribution in [-0.2, 0) is 13.0 Å². The Kier molecular flexibility index (Phi) is 8.62.